The molecule has 1 saturated heterocycles. The SMILES string of the molecule is O=C(Nc1cc(F)cc(F)c1)c1cccnc1OC1CCSC1. The summed E-state index contributed by atoms with van der Waals surface area (Å²) in [6, 6.07) is 6.01. The molecule has 1 aromatic heterocycles. The molecule has 0 spiro atoms. The number of amides is 1. The van der Waals surface area contributed by atoms with Crippen LogP contribution in [0.3, 0.4) is 0 Å². The molecule has 120 valence electrons. The summed E-state index contributed by atoms with van der Waals surface area (Å²) in [5.41, 5.74) is 0.271. The monoisotopic (exact) mass is 336 g/mol. The summed E-state index contributed by atoms with van der Waals surface area (Å²) in [5.74, 6) is 0.0592. The second-order valence-corrected chi connectivity index (χ2v) is 6.22. The van der Waals surface area contributed by atoms with E-state index in [9.17, 15) is 13.6 Å². The number of ether oxygens (including phenoxy) is 1. The van der Waals surface area contributed by atoms with Gasteiger partial charge in [0.1, 0.15) is 23.3 Å². The number of pyridine rings is 1. The van der Waals surface area contributed by atoms with Gasteiger partial charge in [-0.05, 0) is 36.4 Å². The third kappa shape index (κ3) is 3.98. The summed E-state index contributed by atoms with van der Waals surface area (Å²) in [5, 5.41) is 2.46. The molecule has 23 heavy (non-hydrogen) atoms. The molecule has 0 radical (unpaired) electrons. The number of anilines is 1. The molecule has 7 heteroatoms. The Balaban J connectivity index is 1.78. The van der Waals surface area contributed by atoms with Crippen molar-refractivity contribution in [3.8, 4) is 5.88 Å². The number of aromatic nitrogens is 1. The van der Waals surface area contributed by atoms with Crippen LogP contribution in [0.4, 0.5) is 14.5 Å². The van der Waals surface area contributed by atoms with Gasteiger partial charge < -0.3 is 10.1 Å². The first-order valence-corrected chi connectivity index (χ1v) is 8.24. The third-order valence-corrected chi connectivity index (χ3v) is 4.43. The Kier molecular flexibility index (Phi) is 4.76. The Morgan fingerprint density at radius 1 is 1.30 bits per heavy atom. The maximum Gasteiger partial charge on any atom is 0.261 e. The van der Waals surface area contributed by atoms with Gasteiger partial charge in [0, 0.05) is 23.7 Å². The predicted molar refractivity (Wildman–Crippen MR) is 84.9 cm³/mol. The minimum absolute atomic E-state index is 0.0214. The molecule has 0 bridgehead atoms. The van der Waals surface area contributed by atoms with E-state index in [0.29, 0.717) is 0 Å². The standard InChI is InChI=1S/C16H14F2N2O2S/c17-10-6-11(18)8-12(7-10)20-15(21)14-2-1-4-19-16(14)22-13-3-5-23-9-13/h1-2,4,6-8,13H,3,5,9H2,(H,20,21). The van der Waals surface area contributed by atoms with E-state index in [1.54, 1.807) is 23.9 Å². The minimum atomic E-state index is -0.758. The Morgan fingerprint density at radius 2 is 2.09 bits per heavy atom. The molecule has 0 saturated carbocycles. The second kappa shape index (κ2) is 6.95. The number of benzene rings is 1. The predicted octanol–water partition coefficient (Wildman–Crippen LogP) is 3.50. The first-order chi connectivity index (χ1) is 11.1. The van der Waals surface area contributed by atoms with Gasteiger partial charge in [-0.25, -0.2) is 13.8 Å². The zero-order valence-electron chi connectivity index (χ0n) is 12.1. The van der Waals surface area contributed by atoms with Gasteiger partial charge in [0.2, 0.25) is 5.88 Å². The quantitative estimate of drug-likeness (QED) is 0.928. The van der Waals surface area contributed by atoms with E-state index in [2.05, 4.69) is 10.3 Å². The number of hydrogen-bond acceptors (Lipinski definition) is 4. The van der Waals surface area contributed by atoms with Crippen molar-refractivity contribution in [3.05, 3.63) is 53.7 Å². The lowest BCUT2D eigenvalue weighted by Crippen LogP contribution is -2.20. The molecule has 3 rings (SSSR count). The van der Waals surface area contributed by atoms with Crippen LogP contribution in [0, 0.1) is 11.6 Å². The van der Waals surface area contributed by atoms with Crippen molar-refractivity contribution in [2.45, 2.75) is 12.5 Å². The lowest BCUT2D eigenvalue weighted by atomic mass is 10.2. The van der Waals surface area contributed by atoms with Crippen LogP contribution in [0.2, 0.25) is 0 Å². The maximum absolute atomic E-state index is 13.2. The van der Waals surface area contributed by atoms with E-state index in [1.807, 2.05) is 0 Å². The summed E-state index contributed by atoms with van der Waals surface area (Å²) in [7, 11) is 0. The topological polar surface area (TPSA) is 51.2 Å². The number of carbonyl (C=O) groups excluding carboxylic acids is 1. The Morgan fingerprint density at radius 3 is 2.78 bits per heavy atom. The third-order valence-electron chi connectivity index (χ3n) is 3.30. The van der Waals surface area contributed by atoms with Crippen molar-refractivity contribution in [3.63, 3.8) is 0 Å². The molecule has 2 aromatic rings. The van der Waals surface area contributed by atoms with Gasteiger partial charge in [-0.2, -0.15) is 11.8 Å². The first-order valence-electron chi connectivity index (χ1n) is 7.08. The average Bonchev–Trinajstić information content (AvgIpc) is 2.99. The molecule has 1 aliphatic heterocycles. The number of carbonyl (C=O) groups is 1. The van der Waals surface area contributed by atoms with Crippen molar-refractivity contribution >= 4 is 23.4 Å². The minimum Gasteiger partial charge on any atom is -0.473 e. The molecule has 1 N–H and O–H groups in total. The van der Waals surface area contributed by atoms with Crippen molar-refractivity contribution in [1.29, 1.82) is 0 Å². The van der Waals surface area contributed by atoms with E-state index in [0.717, 1.165) is 36.1 Å². The number of hydrogen-bond donors (Lipinski definition) is 1. The summed E-state index contributed by atoms with van der Waals surface area (Å²) in [4.78, 5) is 16.4. The highest BCUT2D eigenvalue weighted by atomic mass is 32.2. The summed E-state index contributed by atoms with van der Waals surface area (Å²) in [6.45, 7) is 0. The molecule has 0 aliphatic carbocycles. The number of halogens is 2. The number of nitrogens with zero attached hydrogens (tertiary/aromatic N) is 1. The van der Waals surface area contributed by atoms with E-state index in [4.69, 9.17) is 4.74 Å². The molecule has 1 unspecified atom stereocenters. The second-order valence-electron chi connectivity index (χ2n) is 5.07. The zero-order chi connectivity index (χ0) is 16.2. The molecule has 4 nitrogen and oxygen atoms in total. The number of thioether (sulfide) groups is 1. The molecular formula is C16H14F2N2O2S. The lowest BCUT2D eigenvalue weighted by molar-refractivity contribution is 0.101. The summed E-state index contributed by atoms with van der Waals surface area (Å²) < 4.78 is 32.2. The van der Waals surface area contributed by atoms with Crippen LogP contribution in [0.5, 0.6) is 5.88 Å². The fourth-order valence-corrected chi connectivity index (χ4v) is 3.34. The smallest absolute Gasteiger partial charge is 0.261 e. The van der Waals surface area contributed by atoms with Crippen molar-refractivity contribution in [1.82, 2.24) is 4.98 Å². The van der Waals surface area contributed by atoms with Crippen LogP contribution >= 0.6 is 11.8 Å². The van der Waals surface area contributed by atoms with Crippen LogP contribution in [0.15, 0.2) is 36.5 Å². The van der Waals surface area contributed by atoms with Gasteiger partial charge in [0.05, 0.1) is 0 Å². The fraction of sp³-hybridized carbons (Fsp3) is 0.250. The van der Waals surface area contributed by atoms with Gasteiger partial charge in [0.15, 0.2) is 0 Å². The normalized spacial score (nSPS) is 17.0. The van der Waals surface area contributed by atoms with Crippen molar-refractivity contribution < 1.29 is 18.3 Å². The lowest BCUT2D eigenvalue weighted by Gasteiger charge is -2.14. The van der Waals surface area contributed by atoms with Crippen LogP contribution in [0.25, 0.3) is 0 Å². The molecule has 1 amide bonds. The van der Waals surface area contributed by atoms with Crippen LogP contribution in [-0.4, -0.2) is 28.5 Å². The van der Waals surface area contributed by atoms with Crippen molar-refractivity contribution in [2.75, 3.05) is 16.8 Å². The van der Waals surface area contributed by atoms with Crippen LogP contribution < -0.4 is 10.1 Å². The Bertz CT molecular complexity index is 701. The van der Waals surface area contributed by atoms with Gasteiger partial charge in [-0.15, -0.1) is 0 Å². The van der Waals surface area contributed by atoms with E-state index in [1.165, 1.54) is 6.20 Å². The van der Waals surface area contributed by atoms with Gasteiger partial charge in [0.25, 0.3) is 5.91 Å². The van der Waals surface area contributed by atoms with Gasteiger partial charge >= 0.3 is 0 Å². The average molecular weight is 336 g/mol. The molecule has 1 aromatic carbocycles. The van der Waals surface area contributed by atoms with E-state index in [-0.39, 0.29) is 23.2 Å². The van der Waals surface area contributed by atoms with Crippen molar-refractivity contribution in [2.24, 2.45) is 0 Å². The van der Waals surface area contributed by atoms with Crippen LogP contribution in [0.1, 0.15) is 16.8 Å². The van der Waals surface area contributed by atoms with E-state index >= 15 is 0 Å². The largest absolute Gasteiger partial charge is 0.473 e. The van der Waals surface area contributed by atoms with Gasteiger partial charge in [-0.1, -0.05) is 0 Å². The Labute approximate surface area is 136 Å². The molecule has 1 fully saturated rings. The molecule has 1 atom stereocenters. The zero-order valence-corrected chi connectivity index (χ0v) is 12.9. The molecule has 2 heterocycles. The molecule has 1 aliphatic rings. The van der Waals surface area contributed by atoms with Gasteiger partial charge in [-0.3, -0.25) is 4.79 Å². The highest BCUT2D eigenvalue weighted by Gasteiger charge is 2.21. The van der Waals surface area contributed by atoms with Crippen LogP contribution in [-0.2, 0) is 0 Å². The summed E-state index contributed by atoms with van der Waals surface area (Å²) in [6.07, 6.45) is 2.46. The Hall–Kier alpha value is -2.15. The fourth-order valence-electron chi connectivity index (χ4n) is 2.25. The van der Waals surface area contributed by atoms with E-state index < -0.39 is 17.5 Å². The first kappa shape index (κ1) is 15.7. The highest BCUT2D eigenvalue weighted by molar-refractivity contribution is 7.99. The number of nitrogens with one attached hydrogen (secondary N) is 1. The number of rotatable bonds is 4. The highest BCUT2D eigenvalue weighted by Crippen LogP contribution is 2.25. The maximum atomic E-state index is 13.2. The molecular weight excluding hydrogens is 322 g/mol. The summed E-state index contributed by atoms with van der Waals surface area (Å²) >= 11 is 1.78.